The maximum absolute atomic E-state index is 13.5. The molecule has 0 bridgehead atoms. The molecule has 1 fully saturated rings. The molecule has 0 aliphatic carbocycles. The first-order valence-corrected chi connectivity index (χ1v) is 12.4. The van der Waals surface area contributed by atoms with E-state index in [0.717, 1.165) is 30.2 Å². The Morgan fingerprint density at radius 2 is 1.71 bits per heavy atom. The first-order chi connectivity index (χ1) is 16.1. The summed E-state index contributed by atoms with van der Waals surface area (Å²) < 4.78 is 15.3. The third-order valence-electron chi connectivity index (χ3n) is 5.79. The highest BCUT2D eigenvalue weighted by Gasteiger charge is 2.26. The zero-order chi connectivity index (χ0) is 24.5. The fraction of sp³-hybridized carbons (Fsp3) is 0.346. The Kier molecular flexibility index (Phi) is 6.79. The summed E-state index contributed by atoms with van der Waals surface area (Å²) >= 11 is 1.85. The lowest BCUT2D eigenvalue weighted by Crippen LogP contribution is -2.38. The number of aromatic nitrogens is 2. The first-order valence-electron chi connectivity index (χ1n) is 11.3. The number of nitrogens with zero attached hydrogens (tertiary/aromatic N) is 3. The van der Waals surface area contributed by atoms with Crippen molar-refractivity contribution in [3.05, 3.63) is 71.2 Å². The van der Waals surface area contributed by atoms with Crippen molar-refractivity contribution in [3.8, 4) is 11.3 Å². The van der Waals surface area contributed by atoms with Gasteiger partial charge in [0.05, 0.1) is 23.0 Å². The van der Waals surface area contributed by atoms with Crippen LogP contribution in [0.3, 0.4) is 0 Å². The molecular formula is C26H29FN4O2S. The number of hydrogen-bond donors (Lipinski definition) is 1. The van der Waals surface area contributed by atoms with Gasteiger partial charge in [-0.25, -0.2) is 4.39 Å². The Balaban J connectivity index is 1.65. The second-order valence-electron chi connectivity index (χ2n) is 9.38. The van der Waals surface area contributed by atoms with Crippen LogP contribution in [-0.4, -0.2) is 51.1 Å². The number of thioether (sulfide) groups is 1. The van der Waals surface area contributed by atoms with Crippen LogP contribution in [0.25, 0.3) is 11.3 Å². The highest BCUT2D eigenvalue weighted by Crippen LogP contribution is 2.30. The van der Waals surface area contributed by atoms with Crippen molar-refractivity contribution in [3.63, 3.8) is 0 Å². The summed E-state index contributed by atoms with van der Waals surface area (Å²) in [5, 5.41) is 7.40. The third kappa shape index (κ3) is 5.01. The number of amides is 2. The molecule has 0 atom stereocenters. The molecule has 34 heavy (non-hydrogen) atoms. The third-order valence-corrected chi connectivity index (χ3v) is 6.73. The first kappa shape index (κ1) is 24.0. The summed E-state index contributed by atoms with van der Waals surface area (Å²) in [4.78, 5) is 28.3. The number of benzene rings is 2. The van der Waals surface area contributed by atoms with Crippen LogP contribution >= 0.6 is 11.8 Å². The minimum absolute atomic E-state index is 0.0125. The van der Waals surface area contributed by atoms with Crippen LogP contribution in [0.1, 0.15) is 47.1 Å². The lowest BCUT2D eigenvalue weighted by atomic mass is 10.0. The van der Waals surface area contributed by atoms with Gasteiger partial charge in [0.1, 0.15) is 5.82 Å². The Bertz CT molecular complexity index is 1210. The Labute approximate surface area is 203 Å². The molecule has 0 saturated carbocycles. The van der Waals surface area contributed by atoms with Crippen LogP contribution < -0.4 is 5.32 Å². The van der Waals surface area contributed by atoms with E-state index in [4.69, 9.17) is 0 Å². The van der Waals surface area contributed by atoms with Crippen LogP contribution in [0.4, 0.5) is 10.1 Å². The van der Waals surface area contributed by atoms with E-state index in [2.05, 4.69) is 10.4 Å². The smallest absolute Gasteiger partial charge is 0.259 e. The maximum atomic E-state index is 13.5. The van der Waals surface area contributed by atoms with Gasteiger partial charge in [-0.05, 0) is 69.7 Å². The fourth-order valence-electron chi connectivity index (χ4n) is 3.97. The molecule has 1 saturated heterocycles. The molecule has 2 amide bonds. The van der Waals surface area contributed by atoms with Gasteiger partial charge in [0, 0.05) is 41.4 Å². The zero-order valence-corrected chi connectivity index (χ0v) is 20.7. The molecule has 1 aliphatic rings. The summed E-state index contributed by atoms with van der Waals surface area (Å²) in [5.74, 6) is 1.17. The molecular weight excluding hydrogens is 451 g/mol. The number of halogens is 1. The summed E-state index contributed by atoms with van der Waals surface area (Å²) in [6, 6.07) is 11.4. The molecule has 3 aromatic rings. The Hall–Kier alpha value is -3.13. The van der Waals surface area contributed by atoms with Gasteiger partial charge >= 0.3 is 0 Å². The lowest BCUT2D eigenvalue weighted by Gasteiger charge is -2.27. The normalized spacial score (nSPS) is 14.2. The molecule has 1 N–H and O–H groups in total. The van der Waals surface area contributed by atoms with Crippen LogP contribution in [0.5, 0.6) is 0 Å². The summed E-state index contributed by atoms with van der Waals surface area (Å²) in [5.41, 5.74) is 3.30. The number of carbonyl (C=O) groups is 2. The van der Waals surface area contributed by atoms with E-state index in [1.807, 2.05) is 50.4 Å². The Morgan fingerprint density at radius 1 is 1.03 bits per heavy atom. The molecule has 8 heteroatoms. The maximum Gasteiger partial charge on any atom is 0.259 e. The van der Waals surface area contributed by atoms with Crippen molar-refractivity contribution < 1.29 is 14.0 Å². The van der Waals surface area contributed by atoms with Crippen molar-refractivity contribution in [1.29, 1.82) is 0 Å². The second-order valence-corrected chi connectivity index (χ2v) is 10.6. The SMILES string of the molecule is Cc1ccc(NC(=O)c2cnn(C(C)(C)C)c2-c2ccc(F)cc2)cc1C(=O)N1CCSCC1. The van der Waals surface area contributed by atoms with Crippen LogP contribution in [0.2, 0.25) is 0 Å². The van der Waals surface area contributed by atoms with Gasteiger partial charge in [-0.15, -0.1) is 0 Å². The minimum atomic E-state index is -0.390. The molecule has 4 rings (SSSR count). The highest BCUT2D eigenvalue weighted by atomic mass is 32.2. The predicted molar refractivity (Wildman–Crippen MR) is 135 cm³/mol. The fourth-order valence-corrected chi connectivity index (χ4v) is 4.88. The lowest BCUT2D eigenvalue weighted by molar-refractivity contribution is 0.0771. The largest absolute Gasteiger partial charge is 0.337 e. The van der Waals surface area contributed by atoms with Crippen LogP contribution in [0.15, 0.2) is 48.7 Å². The van der Waals surface area contributed by atoms with Crippen LogP contribution in [-0.2, 0) is 5.54 Å². The van der Waals surface area contributed by atoms with Crippen LogP contribution in [0, 0.1) is 12.7 Å². The number of carbonyl (C=O) groups excluding carboxylic acids is 2. The van der Waals surface area contributed by atoms with Crippen molar-refractivity contribution >= 4 is 29.3 Å². The van der Waals surface area contributed by atoms with Crippen molar-refractivity contribution in [1.82, 2.24) is 14.7 Å². The number of aryl methyl sites for hydroxylation is 1. The second kappa shape index (κ2) is 9.62. The molecule has 1 aliphatic heterocycles. The molecule has 6 nitrogen and oxygen atoms in total. The van der Waals surface area contributed by atoms with Crippen molar-refractivity contribution in [2.24, 2.45) is 0 Å². The number of hydrogen-bond acceptors (Lipinski definition) is 4. The minimum Gasteiger partial charge on any atom is -0.337 e. The molecule has 0 radical (unpaired) electrons. The summed E-state index contributed by atoms with van der Waals surface area (Å²) in [6.07, 6.45) is 1.53. The number of anilines is 1. The molecule has 2 aromatic carbocycles. The summed E-state index contributed by atoms with van der Waals surface area (Å²) in [7, 11) is 0. The van der Waals surface area contributed by atoms with E-state index in [0.29, 0.717) is 28.1 Å². The van der Waals surface area contributed by atoms with Crippen molar-refractivity contribution in [2.75, 3.05) is 29.9 Å². The van der Waals surface area contributed by atoms with Gasteiger partial charge in [-0.3, -0.25) is 14.3 Å². The standard InChI is InChI=1S/C26H29FN4O2S/c1-17-5-10-20(15-21(17)25(33)30-11-13-34-14-12-30)29-24(32)22-16-28-31(26(2,3)4)23(22)18-6-8-19(27)9-7-18/h5-10,15-16H,11-14H2,1-4H3,(H,29,32). The molecule has 0 unspecified atom stereocenters. The van der Waals surface area contributed by atoms with E-state index in [1.165, 1.54) is 18.3 Å². The topological polar surface area (TPSA) is 67.2 Å². The van der Waals surface area contributed by atoms with Gasteiger partial charge in [-0.1, -0.05) is 6.07 Å². The molecule has 2 heterocycles. The van der Waals surface area contributed by atoms with E-state index in [-0.39, 0.29) is 17.6 Å². The van der Waals surface area contributed by atoms with Gasteiger partial charge in [0.2, 0.25) is 0 Å². The van der Waals surface area contributed by atoms with E-state index in [1.54, 1.807) is 28.9 Å². The predicted octanol–water partition coefficient (Wildman–Crippen LogP) is 5.19. The van der Waals surface area contributed by atoms with E-state index >= 15 is 0 Å². The molecule has 0 spiro atoms. The molecule has 178 valence electrons. The quantitative estimate of drug-likeness (QED) is 0.558. The van der Waals surface area contributed by atoms with Gasteiger partial charge in [-0.2, -0.15) is 16.9 Å². The monoisotopic (exact) mass is 480 g/mol. The summed E-state index contributed by atoms with van der Waals surface area (Å²) in [6.45, 7) is 9.33. The average Bonchev–Trinajstić information content (AvgIpc) is 3.27. The van der Waals surface area contributed by atoms with Crippen molar-refractivity contribution in [2.45, 2.75) is 33.2 Å². The van der Waals surface area contributed by atoms with Gasteiger partial charge in [0.15, 0.2) is 0 Å². The van der Waals surface area contributed by atoms with E-state index in [9.17, 15) is 14.0 Å². The highest BCUT2D eigenvalue weighted by molar-refractivity contribution is 7.99. The van der Waals surface area contributed by atoms with Gasteiger partial charge < -0.3 is 10.2 Å². The Morgan fingerprint density at radius 3 is 2.35 bits per heavy atom. The zero-order valence-electron chi connectivity index (χ0n) is 19.9. The van der Waals surface area contributed by atoms with Gasteiger partial charge in [0.25, 0.3) is 11.8 Å². The van der Waals surface area contributed by atoms with E-state index < -0.39 is 5.54 Å². The average molecular weight is 481 g/mol. The number of nitrogens with one attached hydrogen (secondary N) is 1. The number of rotatable bonds is 4. The molecule has 1 aromatic heterocycles.